The number of hydrogen-bond donors (Lipinski definition) is 1. The van der Waals surface area contributed by atoms with E-state index >= 15 is 0 Å². The van der Waals surface area contributed by atoms with Gasteiger partial charge in [-0.15, -0.1) is 0 Å². The van der Waals surface area contributed by atoms with Crippen LogP contribution in [0.1, 0.15) is 17.1 Å². The first kappa shape index (κ1) is 19.9. The number of nitro benzene ring substituents is 1. The molecule has 0 aliphatic heterocycles. The smallest absolute Gasteiger partial charge is 0.431 e. The summed E-state index contributed by atoms with van der Waals surface area (Å²) in [7, 11) is 1.38. The Morgan fingerprint density at radius 1 is 1.21 bits per heavy atom. The third kappa shape index (κ3) is 4.51. The standard InChI is InChI=1S/C18H12F3N3O5/c1-28-12-4-6-13(14(9-12)24(26)27)15-7-5-11(29-15)3-2-10-8-16(18(19,20)21)23-17(25)22-10/h2-9H,1H3,(H,22,23,25). The zero-order valence-electron chi connectivity index (χ0n) is 14.7. The van der Waals surface area contributed by atoms with Crippen molar-refractivity contribution in [3.8, 4) is 17.1 Å². The van der Waals surface area contributed by atoms with Gasteiger partial charge in [0, 0.05) is 0 Å². The molecular weight excluding hydrogens is 395 g/mol. The zero-order valence-corrected chi connectivity index (χ0v) is 14.7. The van der Waals surface area contributed by atoms with E-state index in [1.165, 1.54) is 43.5 Å². The number of furan rings is 1. The molecule has 11 heteroatoms. The van der Waals surface area contributed by atoms with Crippen molar-refractivity contribution in [2.45, 2.75) is 6.18 Å². The number of nitrogens with one attached hydrogen (secondary N) is 1. The van der Waals surface area contributed by atoms with E-state index in [4.69, 9.17) is 9.15 Å². The largest absolute Gasteiger partial charge is 0.497 e. The molecule has 3 rings (SSSR count). The molecule has 0 fully saturated rings. The van der Waals surface area contributed by atoms with E-state index in [2.05, 4.69) is 4.98 Å². The van der Waals surface area contributed by atoms with Crippen molar-refractivity contribution in [2.24, 2.45) is 0 Å². The Labute approximate surface area is 160 Å². The number of aromatic amines is 1. The topological polar surface area (TPSA) is 111 Å². The molecule has 0 aliphatic rings. The lowest BCUT2D eigenvalue weighted by atomic mass is 10.1. The molecule has 0 unspecified atom stereocenters. The lowest BCUT2D eigenvalue weighted by Crippen LogP contribution is -2.19. The van der Waals surface area contributed by atoms with Crippen LogP contribution in [-0.4, -0.2) is 22.0 Å². The molecule has 0 radical (unpaired) electrons. The number of alkyl halides is 3. The van der Waals surface area contributed by atoms with E-state index in [1.807, 2.05) is 0 Å². The van der Waals surface area contributed by atoms with Crippen molar-refractivity contribution in [1.29, 1.82) is 0 Å². The lowest BCUT2D eigenvalue weighted by Gasteiger charge is -2.05. The highest BCUT2D eigenvalue weighted by Crippen LogP contribution is 2.34. The fraction of sp³-hybridized carbons (Fsp3) is 0.111. The maximum atomic E-state index is 12.8. The minimum Gasteiger partial charge on any atom is -0.497 e. The van der Waals surface area contributed by atoms with Crippen molar-refractivity contribution in [2.75, 3.05) is 7.11 Å². The van der Waals surface area contributed by atoms with Crippen LogP contribution < -0.4 is 10.4 Å². The molecule has 150 valence electrons. The fourth-order valence-electron chi connectivity index (χ4n) is 2.47. The van der Waals surface area contributed by atoms with Crippen LogP contribution in [0.25, 0.3) is 23.5 Å². The Hall–Kier alpha value is -3.89. The minimum absolute atomic E-state index is 0.175. The third-order valence-corrected chi connectivity index (χ3v) is 3.78. The molecule has 2 aromatic heterocycles. The van der Waals surface area contributed by atoms with Crippen LogP contribution in [0.15, 0.2) is 45.6 Å². The van der Waals surface area contributed by atoms with E-state index in [9.17, 15) is 28.1 Å². The van der Waals surface area contributed by atoms with Crippen LogP contribution in [0.3, 0.4) is 0 Å². The highest BCUT2D eigenvalue weighted by Gasteiger charge is 2.32. The van der Waals surface area contributed by atoms with Gasteiger partial charge in [-0.05, 0) is 42.5 Å². The Morgan fingerprint density at radius 3 is 2.62 bits per heavy atom. The van der Waals surface area contributed by atoms with Crippen molar-refractivity contribution in [3.05, 3.63) is 74.1 Å². The van der Waals surface area contributed by atoms with Gasteiger partial charge in [0.05, 0.1) is 29.4 Å². The fourth-order valence-corrected chi connectivity index (χ4v) is 2.47. The van der Waals surface area contributed by atoms with Gasteiger partial charge in [0.2, 0.25) is 0 Å². The van der Waals surface area contributed by atoms with E-state index in [1.54, 1.807) is 4.98 Å². The van der Waals surface area contributed by atoms with Gasteiger partial charge in [0.25, 0.3) is 5.69 Å². The molecule has 0 amide bonds. The maximum absolute atomic E-state index is 12.8. The molecule has 0 saturated carbocycles. The van der Waals surface area contributed by atoms with Crippen molar-refractivity contribution < 1.29 is 27.2 Å². The van der Waals surface area contributed by atoms with Gasteiger partial charge < -0.3 is 14.1 Å². The van der Waals surface area contributed by atoms with E-state index in [0.29, 0.717) is 11.8 Å². The molecule has 3 aromatic rings. The summed E-state index contributed by atoms with van der Waals surface area (Å²) in [5, 5.41) is 11.3. The van der Waals surface area contributed by atoms with Crippen LogP contribution in [0.4, 0.5) is 18.9 Å². The van der Waals surface area contributed by atoms with Crippen molar-refractivity contribution in [3.63, 3.8) is 0 Å². The summed E-state index contributed by atoms with van der Waals surface area (Å²) >= 11 is 0. The van der Waals surface area contributed by atoms with Gasteiger partial charge >= 0.3 is 11.9 Å². The Morgan fingerprint density at radius 2 is 1.97 bits per heavy atom. The number of methoxy groups -OCH3 is 1. The number of aromatic nitrogens is 2. The van der Waals surface area contributed by atoms with Gasteiger partial charge in [-0.25, -0.2) is 4.79 Å². The van der Waals surface area contributed by atoms with Crippen molar-refractivity contribution in [1.82, 2.24) is 9.97 Å². The highest BCUT2D eigenvalue weighted by atomic mass is 19.4. The molecule has 0 bridgehead atoms. The molecule has 1 aromatic carbocycles. The highest BCUT2D eigenvalue weighted by molar-refractivity contribution is 5.73. The minimum atomic E-state index is -4.73. The summed E-state index contributed by atoms with van der Waals surface area (Å²) < 4.78 is 48.8. The molecule has 2 heterocycles. The van der Waals surface area contributed by atoms with Crippen LogP contribution in [0.5, 0.6) is 5.75 Å². The number of ether oxygens (including phenoxy) is 1. The second-order valence-corrected chi connectivity index (χ2v) is 5.70. The zero-order chi connectivity index (χ0) is 21.2. The first-order chi connectivity index (χ1) is 13.7. The average Bonchev–Trinajstić information content (AvgIpc) is 3.13. The van der Waals surface area contributed by atoms with Crippen LogP contribution in [0, 0.1) is 10.1 Å². The Balaban J connectivity index is 1.91. The monoisotopic (exact) mass is 407 g/mol. The second-order valence-electron chi connectivity index (χ2n) is 5.70. The molecule has 0 aliphatic carbocycles. The normalized spacial score (nSPS) is 11.7. The van der Waals surface area contributed by atoms with Gasteiger partial charge in [0.1, 0.15) is 23.0 Å². The molecule has 8 nitrogen and oxygen atoms in total. The van der Waals surface area contributed by atoms with Crippen LogP contribution >= 0.6 is 0 Å². The first-order valence-electron chi connectivity index (χ1n) is 7.96. The molecule has 1 N–H and O–H groups in total. The Bertz CT molecular complexity index is 1150. The SMILES string of the molecule is COc1ccc(-c2ccc(C=Cc3cc(C(F)(F)F)[nH]c(=O)n3)o2)c([N+](=O)[O-])c1. The van der Waals surface area contributed by atoms with Crippen LogP contribution in [0.2, 0.25) is 0 Å². The van der Waals surface area contributed by atoms with Crippen LogP contribution in [-0.2, 0) is 6.18 Å². The average molecular weight is 407 g/mol. The summed E-state index contributed by atoms with van der Waals surface area (Å²) in [6.07, 6.45) is -2.27. The first-order valence-corrected chi connectivity index (χ1v) is 7.96. The van der Waals surface area contributed by atoms with Gasteiger partial charge in [-0.1, -0.05) is 0 Å². The summed E-state index contributed by atoms with van der Waals surface area (Å²) in [5.74, 6) is 0.669. The van der Waals surface area contributed by atoms with E-state index in [-0.39, 0.29) is 28.5 Å². The molecule has 0 spiro atoms. The number of halogens is 3. The van der Waals surface area contributed by atoms with Gasteiger partial charge in [-0.2, -0.15) is 18.2 Å². The molecular formula is C18H12F3N3O5. The number of hydrogen-bond acceptors (Lipinski definition) is 6. The Kier molecular flexibility index (Phi) is 5.22. The predicted octanol–water partition coefficient (Wildman–Crippen LogP) is 4.14. The molecule has 0 atom stereocenters. The van der Waals surface area contributed by atoms with Gasteiger partial charge in [0.15, 0.2) is 0 Å². The summed E-state index contributed by atoms with van der Waals surface area (Å²) in [6.45, 7) is 0. The van der Waals surface area contributed by atoms with E-state index < -0.39 is 22.5 Å². The third-order valence-electron chi connectivity index (χ3n) is 3.78. The number of benzene rings is 1. The molecule has 0 saturated heterocycles. The number of rotatable bonds is 5. The predicted molar refractivity (Wildman–Crippen MR) is 96.1 cm³/mol. The summed E-state index contributed by atoms with van der Waals surface area (Å²) in [6, 6.07) is 7.84. The summed E-state index contributed by atoms with van der Waals surface area (Å²) in [4.78, 5) is 27.1. The molecule has 29 heavy (non-hydrogen) atoms. The number of nitro groups is 1. The van der Waals surface area contributed by atoms with E-state index in [0.717, 1.165) is 6.08 Å². The second kappa shape index (κ2) is 7.62. The lowest BCUT2D eigenvalue weighted by molar-refractivity contribution is -0.384. The van der Waals surface area contributed by atoms with Gasteiger partial charge in [-0.3, -0.25) is 10.1 Å². The maximum Gasteiger partial charge on any atom is 0.431 e. The quantitative estimate of drug-likeness (QED) is 0.503. The number of H-pyrrole nitrogens is 1. The summed E-state index contributed by atoms with van der Waals surface area (Å²) in [5.41, 5.74) is -2.64. The van der Waals surface area contributed by atoms with Crippen molar-refractivity contribution >= 4 is 17.8 Å². The number of nitrogens with zero attached hydrogens (tertiary/aromatic N) is 2.